The fraction of sp³-hybridized carbons (Fsp3) is 0.353. The standard InChI is InChI=1S/C17H18N2O4S2/c1-3-11(17(21)22)19-13(6-7-23-2)18-15-14(16(19)20)10(9-25-15)12-5-4-8-24-12/h4-5,8-9,11H,3,6-7H2,1-2H3,(H,21,22). The number of hydrogen-bond donors (Lipinski definition) is 1. The van der Waals surface area contributed by atoms with E-state index in [2.05, 4.69) is 4.98 Å². The predicted octanol–water partition coefficient (Wildman–Crippen LogP) is 3.41. The van der Waals surface area contributed by atoms with E-state index in [1.54, 1.807) is 25.4 Å². The lowest BCUT2D eigenvalue weighted by Crippen LogP contribution is -2.33. The lowest BCUT2D eigenvalue weighted by molar-refractivity contribution is -0.141. The highest BCUT2D eigenvalue weighted by Crippen LogP contribution is 2.34. The summed E-state index contributed by atoms with van der Waals surface area (Å²) < 4.78 is 6.42. The first kappa shape index (κ1) is 17.8. The Morgan fingerprint density at radius 3 is 2.84 bits per heavy atom. The van der Waals surface area contributed by atoms with Gasteiger partial charge in [0, 0.05) is 29.4 Å². The van der Waals surface area contributed by atoms with Gasteiger partial charge in [-0.3, -0.25) is 9.36 Å². The third kappa shape index (κ3) is 3.24. The Balaban J connectivity index is 2.29. The van der Waals surface area contributed by atoms with Gasteiger partial charge in [0.1, 0.15) is 16.7 Å². The average molecular weight is 378 g/mol. The van der Waals surface area contributed by atoms with E-state index in [4.69, 9.17) is 4.74 Å². The fourth-order valence-electron chi connectivity index (χ4n) is 2.82. The Hall–Kier alpha value is -2.03. The maximum atomic E-state index is 13.2. The molecular weight excluding hydrogens is 360 g/mol. The molecule has 3 aromatic heterocycles. The molecule has 8 heteroatoms. The number of aliphatic carboxylic acids is 1. The monoisotopic (exact) mass is 378 g/mol. The van der Waals surface area contributed by atoms with Crippen LogP contribution < -0.4 is 5.56 Å². The van der Waals surface area contributed by atoms with Crippen molar-refractivity contribution in [3.63, 3.8) is 0 Å². The van der Waals surface area contributed by atoms with E-state index in [-0.39, 0.29) is 5.56 Å². The van der Waals surface area contributed by atoms with Gasteiger partial charge in [-0.05, 0) is 17.9 Å². The summed E-state index contributed by atoms with van der Waals surface area (Å²) in [5.74, 6) is -0.578. The molecule has 0 saturated heterocycles. The van der Waals surface area contributed by atoms with Gasteiger partial charge in [-0.1, -0.05) is 13.0 Å². The predicted molar refractivity (Wildman–Crippen MR) is 99.7 cm³/mol. The zero-order valence-electron chi connectivity index (χ0n) is 13.9. The molecule has 0 spiro atoms. The Morgan fingerprint density at radius 1 is 1.44 bits per heavy atom. The lowest BCUT2D eigenvalue weighted by Gasteiger charge is -2.18. The molecule has 0 aliphatic carbocycles. The second-order valence-electron chi connectivity index (χ2n) is 5.52. The number of thiophene rings is 2. The number of carboxylic acid groups (broad SMARTS) is 1. The van der Waals surface area contributed by atoms with Gasteiger partial charge in [0.15, 0.2) is 0 Å². The van der Waals surface area contributed by atoms with Crippen molar-refractivity contribution < 1.29 is 14.6 Å². The zero-order chi connectivity index (χ0) is 18.0. The minimum Gasteiger partial charge on any atom is -0.480 e. The molecule has 0 aliphatic heterocycles. The molecule has 0 saturated carbocycles. The minimum atomic E-state index is -1.03. The molecule has 0 bridgehead atoms. The number of ether oxygens (including phenoxy) is 1. The van der Waals surface area contributed by atoms with Crippen molar-refractivity contribution in [2.45, 2.75) is 25.8 Å². The van der Waals surface area contributed by atoms with Crippen molar-refractivity contribution in [3.05, 3.63) is 39.1 Å². The van der Waals surface area contributed by atoms with E-state index in [0.29, 0.717) is 35.5 Å². The highest BCUT2D eigenvalue weighted by atomic mass is 32.1. The smallest absolute Gasteiger partial charge is 0.326 e. The third-order valence-corrected chi connectivity index (χ3v) is 5.79. The molecular formula is C17H18N2O4S2. The molecule has 1 N–H and O–H groups in total. The van der Waals surface area contributed by atoms with Crippen molar-refractivity contribution in [1.82, 2.24) is 9.55 Å². The normalized spacial score (nSPS) is 12.6. The molecule has 0 aliphatic rings. The molecule has 132 valence electrons. The third-order valence-electron chi connectivity index (χ3n) is 4.01. The fourth-order valence-corrected chi connectivity index (χ4v) is 4.59. The van der Waals surface area contributed by atoms with Gasteiger partial charge >= 0.3 is 5.97 Å². The number of carbonyl (C=O) groups is 1. The summed E-state index contributed by atoms with van der Waals surface area (Å²) in [6.07, 6.45) is 0.693. The number of aromatic nitrogens is 2. The largest absolute Gasteiger partial charge is 0.480 e. The van der Waals surface area contributed by atoms with Crippen LogP contribution in [-0.2, 0) is 16.0 Å². The van der Waals surface area contributed by atoms with Gasteiger partial charge in [0.25, 0.3) is 5.56 Å². The molecule has 1 atom stereocenters. The van der Waals surface area contributed by atoms with Crippen LogP contribution in [0.25, 0.3) is 20.7 Å². The van der Waals surface area contributed by atoms with Crippen LogP contribution in [0, 0.1) is 0 Å². The van der Waals surface area contributed by atoms with Crippen LogP contribution in [0.4, 0.5) is 0 Å². The second-order valence-corrected chi connectivity index (χ2v) is 7.32. The first-order valence-electron chi connectivity index (χ1n) is 7.86. The van der Waals surface area contributed by atoms with Gasteiger partial charge in [-0.2, -0.15) is 0 Å². The maximum absolute atomic E-state index is 13.2. The molecule has 3 rings (SSSR count). The topological polar surface area (TPSA) is 81.4 Å². The van der Waals surface area contributed by atoms with Crippen molar-refractivity contribution in [2.24, 2.45) is 0 Å². The van der Waals surface area contributed by atoms with E-state index < -0.39 is 12.0 Å². The molecule has 3 heterocycles. The number of hydrogen-bond acceptors (Lipinski definition) is 6. The molecule has 6 nitrogen and oxygen atoms in total. The first-order valence-corrected chi connectivity index (χ1v) is 9.62. The van der Waals surface area contributed by atoms with Crippen LogP contribution in [0.2, 0.25) is 0 Å². The molecule has 1 unspecified atom stereocenters. The first-order chi connectivity index (χ1) is 12.1. The summed E-state index contributed by atoms with van der Waals surface area (Å²) in [7, 11) is 1.56. The van der Waals surface area contributed by atoms with Crippen LogP contribution in [0.5, 0.6) is 0 Å². The maximum Gasteiger partial charge on any atom is 0.326 e. The second kappa shape index (κ2) is 7.47. The molecule has 0 aromatic carbocycles. The SMILES string of the molecule is CCC(C(=O)O)n1c(CCOC)nc2scc(-c3cccs3)c2c1=O. The molecule has 0 radical (unpaired) electrons. The average Bonchev–Trinajstić information content (AvgIpc) is 3.24. The van der Waals surface area contributed by atoms with Crippen molar-refractivity contribution in [2.75, 3.05) is 13.7 Å². The van der Waals surface area contributed by atoms with E-state index in [0.717, 1.165) is 10.4 Å². The molecule has 25 heavy (non-hydrogen) atoms. The van der Waals surface area contributed by atoms with Gasteiger partial charge < -0.3 is 9.84 Å². The van der Waals surface area contributed by atoms with Crippen molar-refractivity contribution >= 4 is 38.9 Å². The van der Waals surface area contributed by atoms with E-state index in [1.165, 1.54) is 15.9 Å². The van der Waals surface area contributed by atoms with Crippen LogP contribution in [0.3, 0.4) is 0 Å². The number of carboxylic acids is 1. The van der Waals surface area contributed by atoms with E-state index in [9.17, 15) is 14.7 Å². The summed E-state index contributed by atoms with van der Waals surface area (Å²) in [5, 5.41) is 13.9. The Labute approximate surface area is 152 Å². The number of methoxy groups -OCH3 is 1. The van der Waals surface area contributed by atoms with Gasteiger partial charge in [-0.15, -0.1) is 22.7 Å². The quantitative estimate of drug-likeness (QED) is 0.681. The number of nitrogens with zero attached hydrogens (tertiary/aromatic N) is 2. The molecule has 3 aromatic rings. The van der Waals surface area contributed by atoms with E-state index >= 15 is 0 Å². The van der Waals surface area contributed by atoms with Gasteiger partial charge in [0.05, 0.1) is 12.0 Å². The van der Waals surface area contributed by atoms with E-state index in [1.807, 2.05) is 22.9 Å². The van der Waals surface area contributed by atoms with Gasteiger partial charge in [0.2, 0.25) is 0 Å². The molecule has 0 fully saturated rings. The zero-order valence-corrected chi connectivity index (χ0v) is 15.5. The highest BCUT2D eigenvalue weighted by Gasteiger charge is 2.25. The van der Waals surface area contributed by atoms with Crippen molar-refractivity contribution in [1.29, 1.82) is 0 Å². The minimum absolute atomic E-state index is 0.296. The van der Waals surface area contributed by atoms with Crippen LogP contribution in [-0.4, -0.2) is 34.3 Å². The van der Waals surface area contributed by atoms with Gasteiger partial charge in [-0.25, -0.2) is 9.78 Å². The summed E-state index contributed by atoms with van der Waals surface area (Å²) >= 11 is 2.95. The number of rotatable bonds is 7. The van der Waals surface area contributed by atoms with Crippen LogP contribution in [0.15, 0.2) is 27.7 Å². The summed E-state index contributed by atoms with van der Waals surface area (Å²) in [4.78, 5) is 31.1. The Kier molecular flexibility index (Phi) is 5.31. The Morgan fingerprint density at radius 2 is 2.24 bits per heavy atom. The molecule has 0 amide bonds. The Bertz CT molecular complexity index is 944. The summed E-state index contributed by atoms with van der Waals surface area (Å²) in [6, 6.07) is 2.94. The van der Waals surface area contributed by atoms with Crippen LogP contribution in [0.1, 0.15) is 25.2 Å². The summed E-state index contributed by atoms with van der Waals surface area (Å²) in [6.45, 7) is 2.13. The lowest BCUT2D eigenvalue weighted by atomic mass is 10.1. The summed E-state index contributed by atoms with van der Waals surface area (Å²) in [5.41, 5.74) is 0.523. The number of fused-ring (bicyclic) bond motifs is 1. The van der Waals surface area contributed by atoms with Crippen molar-refractivity contribution in [3.8, 4) is 10.4 Å². The highest BCUT2D eigenvalue weighted by molar-refractivity contribution is 7.18. The van der Waals surface area contributed by atoms with Crippen LogP contribution >= 0.6 is 22.7 Å².